The Morgan fingerprint density at radius 3 is 2.00 bits per heavy atom. The van der Waals surface area contributed by atoms with Crippen LogP contribution >= 0.6 is 11.6 Å². The molecular formula is C10H21ClO. The molecule has 0 aromatic carbocycles. The van der Waals surface area contributed by atoms with Gasteiger partial charge in [-0.3, -0.25) is 0 Å². The molecule has 0 amide bonds. The second-order valence-electron chi connectivity index (χ2n) is 4.48. The third kappa shape index (κ3) is 5.00. The second kappa shape index (κ2) is 5.08. The summed E-state index contributed by atoms with van der Waals surface area (Å²) in [6.45, 7) is 8.90. The first kappa shape index (κ1) is 12.2. The number of aliphatic hydroxyl groups is 1. The summed E-state index contributed by atoms with van der Waals surface area (Å²) in [6, 6.07) is 0. The van der Waals surface area contributed by atoms with Gasteiger partial charge in [0.05, 0.1) is 0 Å². The third-order valence-corrected chi connectivity index (χ3v) is 2.69. The van der Waals surface area contributed by atoms with Crippen molar-refractivity contribution in [3.05, 3.63) is 0 Å². The van der Waals surface area contributed by atoms with E-state index in [9.17, 15) is 0 Å². The topological polar surface area (TPSA) is 20.2 Å². The van der Waals surface area contributed by atoms with E-state index in [0.717, 1.165) is 12.8 Å². The Morgan fingerprint density at radius 2 is 1.75 bits per heavy atom. The van der Waals surface area contributed by atoms with Gasteiger partial charge in [0.1, 0.15) is 5.56 Å². The van der Waals surface area contributed by atoms with Gasteiger partial charge in [-0.05, 0) is 24.2 Å². The Kier molecular flexibility index (Phi) is 5.19. The van der Waals surface area contributed by atoms with Crippen LogP contribution in [0.4, 0.5) is 0 Å². The largest absolute Gasteiger partial charge is 0.378 e. The molecular weight excluding hydrogens is 172 g/mol. The van der Waals surface area contributed by atoms with Crippen molar-refractivity contribution in [3.8, 4) is 0 Å². The van der Waals surface area contributed by atoms with E-state index in [4.69, 9.17) is 16.7 Å². The summed E-state index contributed by atoms with van der Waals surface area (Å²) < 4.78 is 0. The number of halogens is 1. The molecule has 2 atom stereocenters. The zero-order valence-electron chi connectivity index (χ0n) is 8.60. The maximum atomic E-state index is 8.93. The van der Waals surface area contributed by atoms with Gasteiger partial charge in [0.15, 0.2) is 0 Å². The molecule has 12 heavy (non-hydrogen) atoms. The van der Waals surface area contributed by atoms with E-state index in [-0.39, 0.29) is 0 Å². The Bertz CT molecular complexity index is 115. The van der Waals surface area contributed by atoms with Crippen LogP contribution in [0.5, 0.6) is 0 Å². The van der Waals surface area contributed by atoms with E-state index in [0.29, 0.717) is 17.8 Å². The van der Waals surface area contributed by atoms with Crippen molar-refractivity contribution in [1.82, 2.24) is 0 Å². The molecule has 0 fully saturated rings. The fourth-order valence-electron chi connectivity index (χ4n) is 1.59. The van der Waals surface area contributed by atoms with Crippen LogP contribution < -0.4 is 0 Å². The van der Waals surface area contributed by atoms with Crippen molar-refractivity contribution in [2.24, 2.45) is 11.3 Å². The van der Waals surface area contributed by atoms with E-state index in [1.54, 1.807) is 0 Å². The average molecular weight is 193 g/mol. The number of alkyl halides is 1. The van der Waals surface area contributed by atoms with Gasteiger partial charge in [-0.1, -0.05) is 45.7 Å². The lowest BCUT2D eigenvalue weighted by Crippen LogP contribution is -2.20. The predicted molar refractivity (Wildman–Crippen MR) is 54.3 cm³/mol. The molecule has 74 valence electrons. The Labute approximate surface area is 81.1 Å². The summed E-state index contributed by atoms with van der Waals surface area (Å²) >= 11 is 5.48. The lowest BCUT2D eigenvalue weighted by molar-refractivity contribution is 0.178. The Hall–Kier alpha value is 0.250. The first-order valence-electron chi connectivity index (χ1n) is 4.70. The first-order chi connectivity index (χ1) is 5.38. The molecule has 0 aliphatic heterocycles. The first-order valence-corrected chi connectivity index (χ1v) is 5.13. The lowest BCUT2D eigenvalue weighted by atomic mass is 9.77. The minimum atomic E-state index is -0.665. The summed E-state index contributed by atoms with van der Waals surface area (Å²) in [6.07, 6.45) is 2.88. The SMILES string of the molecule is CCC(CCC(O)Cl)C(C)(C)C. The van der Waals surface area contributed by atoms with Gasteiger partial charge in [-0.25, -0.2) is 0 Å². The van der Waals surface area contributed by atoms with E-state index in [1.165, 1.54) is 0 Å². The lowest BCUT2D eigenvalue weighted by Gasteiger charge is -2.30. The van der Waals surface area contributed by atoms with Gasteiger partial charge in [-0.2, -0.15) is 0 Å². The molecule has 2 heteroatoms. The summed E-state index contributed by atoms with van der Waals surface area (Å²) in [5, 5.41) is 8.93. The fourth-order valence-corrected chi connectivity index (χ4v) is 1.71. The van der Waals surface area contributed by atoms with E-state index < -0.39 is 5.56 Å². The highest BCUT2D eigenvalue weighted by Crippen LogP contribution is 2.32. The second-order valence-corrected chi connectivity index (χ2v) is 4.99. The molecule has 2 unspecified atom stereocenters. The summed E-state index contributed by atoms with van der Waals surface area (Å²) in [7, 11) is 0. The van der Waals surface area contributed by atoms with Crippen LogP contribution in [0.1, 0.15) is 47.0 Å². The van der Waals surface area contributed by atoms with Crippen molar-refractivity contribution < 1.29 is 5.11 Å². The van der Waals surface area contributed by atoms with Crippen molar-refractivity contribution in [2.75, 3.05) is 0 Å². The van der Waals surface area contributed by atoms with E-state index in [2.05, 4.69) is 27.7 Å². The highest BCUT2D eigenvalue weighted by Gasteiger charge is 2.22. The van der Waals surface area contributed by atoms with E-state index in [1.807, 2.05) is 0 Å². The van der Waals surface area contributed by atoms with Crippen LogP contribution in [0.2, 0.25) is 0 Å². The highest BCUT2D eigenvalue weighted by molar-refractivity contribution is 6.19. The van der Waals surface area contributed by atoms with Crippen molar-refractivity contribution in [1.29, 1.82) is 0 Å². The Balaban J connectivity index is 3.84. The standard InChI is InChI=1S/C10H21ClO/c1-5-8(10(2,3)4)6-7-9(11)12/h8-9,12H,5-7H2,1-4H3. The Morgan fingerprint density at radius 1 is 1.25 bits per heavy atom. The van der Waals surface area contributed by atoms with Crippen molar-refractivity contribution in [2.45, 2.75) is 52.5 Å². The van der Waals surface area contributed by atoms with Crippen molar-refractivity contribution >= 4 is 11.6 Å². The van der Waals surface area contributed by atoms with Crippen LogP contribution in [-0.4, -0.2) is 10.7 Å². The summed E-state index contributed by atoms with van der Waals surface area (Å²) in [4.78, 5) is 0. The molecule has 0 aliphatic rings. The summed E-state index contributed by atoms with van der Waals surface area (Å²) in [5.74, 6) is 0.658. The number of rotatable bonds is 4. The quantitative estimate of drug-likeness (QED) is 0.677. The van der Waals surface area contributed by atoms with Crippen LogP contribution in [0.25, 0.3) is 0 Å². The molecule has 1 N–H and O–H groups in total. The minimum absolute atomic E-state index is 0.334. The average Bonchev–Trinajstić information content (AvgIpc) is 1.85. The number of aliphatic hydroxyl groups excluding tert-OH is 1. The van der Waals surface area contributed by atoms with Gasteiger partial charge < -0.3 is 5.11 Å². The molecule has 0 heterocycles. The normalized spacial score (nSPS) is 17.5. The fraction of sp³-hybridized carbons (Fsp3) is 1.00. The van der Waals surface area contributed by atoms with Gasteiger partial charge in [0.25, 0.3) is 0 Å². The molecule has 0 aromatic heterocycles. The third-order valence-electron chi connectivity index (χ3n) is 2.47. The molecule has 0 bridgehead atoms. The number of hydrogen-bond acceptors (Lipinski definition) is 1. The molecule has 0 aromatic rings. The molecule has 0 spiro atoms. The number of hydrogen-bond donors (Lipinski definition) is 1. The maximum Gasteiger partial charge on any atom is 0.128 e. The molecule has 0 saturated carbocycles. The van der Waals surface area contributed by atoms with Gasteiger partial charge in [-0.15, -0.1) is 0 Å². The van der Waals surface area contributed by atoms with E-state index >= 15 is 0 Å². The smallest absolute Gasteiger partial charge is 0.128 e. The highest BCUT2D eigenvalue weighted by atomic mass is 35.5. The molecule has 0 saturated heterocycles. The zero-order chi connectivity index (χ0) is 9.78. The van der Waals surface area contributed by atoms with Gasteiger partial charge in [0.2, 0.25) is 0 Å². The van der Waals surface area contributed by atoms with Gasteiger partial charge >= 0.3 is 0 Å². The van der Waals surface area contributed by atoms with Crippen molar-refractivity contribution in [3.63, 3.8) is 0 Å². The minimum Gasteiger partial charge on any atom is -0.378 e. The summed E-state index contributed by atoms with van der Waals surface area (Å²) in [5.41, 5.74) is -0.332. The monoisotopic (exact) mass is 192 g/mol. The predicted octanol–water partition coefficient (Wildman–Crippen LogP) is 3.40. The van der Waals surface area contributed by atoms with Crippen LogP contribution in [0.15, 0.2) is 0 Å². The van der Waals surface area contributed by atoms with Crippen LogP contribution in [-0.2, 0) is 0 Å². The molecule has 0 rings (SSSR count). The molecule has 0 radical (unpaired) electrons. The van der Waals surface area contributed by atoms with Crippen LogP contribution in [0.3, 0.4) is 0 Å². The maximum absolute atomic E-state index is 8.93. The molecule has 0 aliphatic carbocycles. The van der Waals surface area contributed by atoms with Gasteiger partial charge in [0, 0.05) is 0 Å². The van der Waals surface area contributed by atoms with Crippen LogP contribution in [0, 0.1) is 11.3 Å². The zero-order valence-corrected chi connectivity index (χ0v) is 9.36. The molecule has 1 nitrogen and oxygen atoms in total.